The Morgan fingerprint density at radius 3 is 2.56 bits per heavy atom. The van der Waals surface area contributed by atoms with Gasteiger partial charge in [0.1, 0.15) is 28.9 Å². The van der Waals surface area contributed by atoms with Crippen molar-refractivity contribution in [2.24, 2.45) is 0 Å². The minimum absolute atomic E-state index is 0.0841. The van der Waals surface area contributed by atoms with Gasteiger partial charge in [0.05, 0.1) is 10.2 Å². The molecule has 118 valence electrons. The number of thiazole rings is 1. The molecule has 1 aromatic heterocycles. The molecular formula is C18H10N6S. The topological polar surface area (TPSA) is 122 Å². The number of hydrogen-bond donors (Lipinski definition) is 2. The van der Waals surface area contributed by atoms with E-state index in [0.717, 1.165) is 20.8 Å². The molecule has 0 radical (unpaired) electrons. The Hall–Kier alpha value is -3.86. The van der Waals surface area contributed by atoms with Crippen LogP contribution in [0.2, 0.25) is 0 Å². The predicted molar refractivity (Wildman–Crippen MR) is 97.0 cm³/mol. The first kappa shape index (κ1) is 16.0. The molecule has 3 N–H and O–H groups in total. The molecule has 0 spiro atoms. The summed E-state index contributed by atoms with van der Waals surface area (Å²) in [6.45, 7) is 0. The molecule has 6 nitrogen and oxygen atoms in total. The van der Waals surface area contributed by atoms with Crippen LogP contribution in [0, 0.1) is 34.0 Å². The van der Waals surface area contributed by atoms with Crippen LogP contribution in [0.1, 0.15) is 0 Å². The number of anilines is 2. The van der Waals surface area contributed by atoms with Crippen molar-refractivity contribution in [1.29, 1.82) is 15.8 Å². The number of hydrogen-bond acceptors (Lipinski definition) is 7. The molecule has 0 saturated carbocycles. The van der Waals surface area contributed by atoms with Gasteiger partial charge < -0.3 is 11.1 Å². The highest BCUT2D eigenvalue weighted by Gasteiger charge is 2.09. The highest BCUT2D eigenvalue weighted by molar-refractivity contribution is 7.21. The van der Waals surface area contributed by atoms with Crippen molar-refractivity contribution in [3.63, 3.8) is 0 Å². The van der Waals surface area contributed by atoms with Crippen molar-refractivity contribution in [2.45, 2.75) is 0 Å². The Morgan fingerprint density at radius 2 is 1.84 bits per heavy atom. The van der Waals surface area contributed by atoms with Crippen molar-refractivity contribution in [1.82, 2.24) is 4.98 Å². The number of benzene rings is 2. The maximum atomic E-state index is 9.13. The maximum absolute atomic E-state index is 9.13. The van der Waals surface area contributed by atoms with Gasteiger partial charge in [0.15, 0.2) is 5.57 Å². The summed E-state index contributed by atoms with van der Waals surface area (Å²) in [6.07, 6.45) is 0. The van der Waals surface area contributed by atoms with E-state index in [9.17, 15) is 0 Å². The quantitative estimate of drug-likeness (QED) is 0.551. The molecule has 0 aliphatic heterocycles. The molecule has 25 heavy (non-hydrogen) atoms. The van der Waals surface area contributed by atoms with E-state index in [-0.39, 0.29) is 11.3 Å². The minimum Gasteiger partial charge on any atom is -0.399 e. The minimum atomic E-state index is -0.261. The van der Waals surface area contributed by atoms with Gasteiger partial charge in [-0.1, -0.05) is 12.1 Å². The van der Waals surface area contributed by atoms with Crippen LogP contribution < -0.4 is 11.1 Å². The number of rotatable bonds is 3. The first-order valence-corrected chi connectivity index (χ1v) is 7.94. The van der Waals surface area contributed by atoms with E-state index in [1.165, 1.54) is 11.3 Å². The van der Waals surface area contributed by atoms with Crippen LogP contribution in [0.4, 0.5) is 11.4 Å². The van der Waals surface area contributed by atoms with Gasteiger partial charge in [-0.15, -0.1) is 11.3 Å². The maximum Gasteiger partial charge on any atom is 0.163 e. The zero-order valence-electron chi connectivity index (χ0n) is 12.8. The van der Waals surface area contributed by atoms with E-state index in [0.29, 0.717) is 11.4 Å². The summed E-state index contributed by atoms with van der Waals surface area (Å²) in [5.74, 6) is 0. The van der Waals surface area contributed by atoms with E-state index in [4.69, 9.17) is 21.5 Å². The number of nitrogens with zero attached hydrogens (tertiary/aromatic N) is 4. The lowest BCUT2D eigenvalue weighted by molar-refractivity contribution is 1.37. The van der Waals surface area contributed by atoms with E-state index in [1.54, 1.807) is 24.3 Å². The lowest BCUT2D eigenvalue weighted by atomic mass is 10.2. The number of nitriles is 3. The molecule has 0 atom stereocenters. The van der Waals surface area contributed by atoms with E-state index >= 15 is 0 Å². The van der Waals surface area contributed by atoms with Crippen molar-refractivity contribution in [3.05, 3.63) is 53.7 Å². The molecule has 0 unspecified atom stereocenters. The largest absolute Gasteiger partial charge is 0.399 e. The molecule has 0 amide bonds. The standard InChI is InChI=1S/C18H10N6S/c19-8-12(9-20)16(10-21)23-14-3-1-2-11(6-14)18-24-15-5-4-13(22)7-17(15)25-18/h1-7,23H,22H2. The molecule has 0 aliphatic carbocycles. The second-order valence-corrected chi connectivity index (χ2v) is 6.07. The molecule has 7 heteroatoms. The number of nitrogens with one attached hydrogen (secondary N) is 1. The average Bonchev–Trinajstić information content (AvgIpc) is 3.05. The SMILES string of the molecule is N#CC(C#N)=C(C#N)Nc1cccc(-c2nc3ccc(N)cc3s2)c1. The van der Waals surface area contributed by atoms with Gasteiger partial charge >= 0.3 is 0 Å². The van der Waals surface area contributed by atoms with Crippen LogP contribution >= 0.6 is 11.3 Å². The number of allylic oxidation sites excluding steroid dienone is 2. The molecule has 0 saturated heterocycles. The Bertz CT molecular complexity index is 1100. The van der Waals surface area contributed by atoms with Gasteiger partial charge in [0.2, 0.25) is 0 Å². The molecule has 0 bridgehead atoms. The van der Waals surface area contributed by atoms with Gasteiger partial charge in [-0.2, -0.15) is 15.8 Å². The number of nitrogens with two attached hydrogens (primary N) is 1. The molecule has 0 aliphatic rings. The van der Waals surface area contributed by atoms with Crippen LogP contribution in [0.25, 0.3) is 20.8 Å². The summed E-state index contributed by atoms with van der Waals surface area (Å²) in [4.78, 5) is 4.59. The van der Waals surface area contributed by atoms with E-state index in [1.807, 2.05) is 36.4 Å². The summed E-state index contributed by atoms with van der Waals surface area (Å²) in [5, 5.41) is 30.6. The Balaban J connectivity index is 1.99. The van der Waals surface area contributed by atoms with E-state index in [2.05, 4.69) is 10.3 Å². The lowest BCUT2D eigenvalue weighted by Gasteiger charge is -2.06. The van der Waals surface area contributed by atoms with Crippen molar-refractivity contribution < 1.29 is 0 Å². The molecule has 0 fully saturated rings. The summed E-state index contributed by atoms with van der Waals surface area (Å²) in [7, 11) is 0. The second-order valence-electron chi connectivity index (χ2n) is 5.04. The summed E-state index contributed by atoms with van der Waals surface area (Å²) in [6, 6.07) is 18.1. The van der Waals surface area contributed by atoms with Crippen LogP contribution in [0.3, 0.4) is 0 Å². The fraction of sp³-hybridized carbons (Fsp3) is 0. The third-order valence-electron chi connectivity index (χ3n) is 3.38. The third-order valence-corrected chi connectivity index (χ3v) is 4.44. The summed E-state index contributed by atoms with van der Waals surface area (Å²) in [5.41, 5.74) is 8.45. The monoisotopic (exact) mass is 342 g/mol. The Labute approximate surface area is 147 Å². The van der Waals surface area contributed by atoms with Crippen molar-refractivity contribution in [2.75, 3.05) is 11.1 Å². The van der Waals surface area contributed by atoms with Gasteiger partial charge in [-0.25, -0.2) is 4.98 Å². The molecule has 3 rings (SSSR count). The van der Waals surface area contributed by atoms with Gasteiger partial charge in [-0.05, 0) is 30.3 Å². The third kappa shape index (κ3) is 3.25. The molecular weight excluding hydrogens is 332 g/mol. The van der Waals surface area contributed by atoms with E-state index < -0.39 is 0 Å². The Morgan fingerprint density at radius 1 is 1.04 bits per heavy atom. The van der Waals surface area contributed by atoms with Gasteiger partial charge in [-0.3, -0.25) is 0 Å². The molecule has 1 heterocycles. The fourth-order valence-electron chi connectivity index (χ4n) is 2.22. The summed E-state index contributed by atoms with van der Waals surface area (Å²) >= 11 is 1.51. The van der Waals surface area contributed by atoms with Crippen molar-refractivity contribution >= 4 is 32.9 Å². The second kappa shape index (κ2) is 6.72. The molecule has 3 aromatic rings. The molecule has 2 aromatic carbocycles. The highest BCUT2D eigenvalue weighted by Crippen LogP contribution is 2.32. The summed E-state index contributed by atoms with van der Waals surface area (Å²) < 4.78 is 0.988. The normalized spacial score (nSPS) is 9.64. The van der Waals surface area contributed by atoms with Crippen LogP contribution in [0.15, 0.2) is 53.7 Å². The number of nitrogen functional groups attached to an aromatic ring is 1. The van der Waals surface area contributed by atoms with Gasteiger partial charge in [0.25, 0.3) is 0 Å². The number of aromatic nitrogens is 1. The van der Waals surface area contributed by atoms with Crippen LogP contribution in [-0.4, -0.2) is 4.98 Å². The Kier molecular flexibility index (Phi) is 4.30. The zero-order valence-corrected chi connectivity index (χ0v) is 13.6. The van der Waals surface area contributed by atoms with Gasteiger partial charge in [0, 0.05) is 16.9 Å². The number of fused-ring (bicyclic) bond motifs is 1. The average molecular weight is 342 g/mol. The van der Waals surface area contributed by atoms with Crippen LogP contribution in [0.5, 0.6) is 0 Å². The predicted octanol–water partition coefficient (Wildman–Crippen LogP) is 3.78. The first-order valence-electron chi connectivity index (χ1n) is 7.12. The lowest BCUT2D eigenvalue weighted by Crippen LogP contribution is -2.00. The first-order chi connectivity index (χ1) is 12.1. The van der Waals surface area contributed by atoms with Crippen LogP contribution in [-0.2, 0) is 0 Å². The smallest absolute Gasteiger partial charge is 0.163 e. The zero-order chi connectivity index (χ0) is 17.8. The van der Waals surface area contributed by atoms with Crippen molar-refractivity contribution in [3.8, 4) is 28.8 Å². The fourth-order valence-corrected chi connectivity index (χ4v) is 3.23. The highest BCUT2D eigenvalue weighted by atomic mass is 32.1.